The van der Waals surface area contributed by atoms with Crippen molar-refractivity contribution in [2.45, 2.75) is 36.6 Å². The first-order valence-electron chi connectivity index (χ1n) is 6.44. The number of hydrogen-bond acceptors (Lipinski definition) is 2. The highest BCUT2D eigenvalue weighted by Gasteiger charge is 2.33. The molecular weight excluding hydrogens is 265 g/mol. The number of hydrogen-bond donors (Lipinski definition) is 0. The lowest BCUT2D eigenvalue weighted by Crippen LogP contribution is -2.39. The van der Waals surface area contributed by atoms with Gasteiger partial charge in [-0.1, -0.05) is 31.1 Å². The van der Waals surface area contributed by atoms with Crippen molar-refractivity contribution in [1.29, 1.82) is 0 Å². The van der Waals surface area contributed by atoms with Gasteiger partial charge in [-0.25, -0.2) is 12.8 Å². The van der Waals surface area contributed by atoms with Gasteiger partial charge in [0, 0.05) is 12.6 Å². The molecule has 0 bridgehead atoms. The van der Waals surface area contributed by atoms with Crippen molar-refractivity contribution in [3.8, 4) is 0 Å². The maximum atomic E-state index is 13.7. The quantitative estimate of drug-likeness (QED) is 0.779. The molecule has 0 atom stereocenters. The zero-order chi connectivity index (χ0) is 13.9. The van der Waals surface area contributed by atoms with E-state index in [1.165, 1.54) is 28.6 Å². The molecule has 0 aliphatic heterocycles. The topological polar surface area (TPSA) is 37.4 Å². The van der Waals surface area contributed by atoms with E-state index in [0.29, 0.717) is 0 Å². The maximum absolute atomic E-state index is 13.7. The van der Waals surface area contributed by atoms with Crippen LogP contribution in [-0.2, 0) is 10.0 Å². The van der Waals surface area contributed by atoms with Crippen LogP contribution in [0.4, 0.5) is 4.39 Å². The summed E-state index contributed by atoms with van der Waals surface area (Å²) >= 11 is 0. The molecule has 1 saturated carbocycles. The molecule has 3 nitrogen and oxygen atoms in total. The molecule has 0 amide bonds. The van der Waals surface area contributed by atoms with Gasteiger partial charge in [0.2, 0.25) is 10.0 Å². The fraction of sp³-hybridized carbons (Fsp3) is 0.429. The van der Waals surface area contributed by atoms with E-state index >= 15 is 0 Å². The molecule has 0 spiro atoms. The van der Waals surface area contributed by atoms with Crippen LogP contribution in [0, 0.1) is 5.82 Å². The molecule has 1 aliphatic carbocycles. The molecular formula is C14H18FNO2S. The fourth-order valence-corrected chi connectivity index (χ4v) is 4.27. The Balaban J connectivity index is 2.39. The van der Waals surface area contributed by atoms with Crippen molar-refractivity contribution < 1.29 is 12.8 Å². The molecule has 2 rings (SSSR count). The second-order valence-corrected chi connectivity index (χ2v) is 6.59. The molecule has 1 fully saturated rings. The Kier molecular flexibility index (Phi) is 4.37. The lowest BCUT2D eigenvalue weighted by molar-refractivity contribution is 0.346. The van der Waals surface area contributed by atoms with Crippen LogP contribution in [-0.4, -0.2) is 25.3 Å². The number of sulfonamides is 1. The Bertz CT molecular complexity index is 550. The van der Waals surface area contributed by atoms with Crippen LogP contribution in [0.15, 0.2) is 41.8 Å². The minimum absolute atomic E-state index is 0.0393. The first-order chi connectivity index (χ1) is 9.07. The minimum Gasteiger partial charge on any atom is -0.207 e. The highest BCUT2D eigenvalue weighted by molar-refractivity contribution is 7.89. The van der Waals surface area contributed by atoms with E-state index in [4.69, 9.17) is 0 Å². The molecule has 0 radical (unpaired) electrons. The Labute approximate surface area is 113 Å². The summed E-state index contributed by atoms with van der Waals surface area (Å²) < 4.78 is 40.3. The molecule has 1 aromatic carbocycles. The van der Waals surface area contributed by atoms with E-state index in [-0.39, 0.29) is 17.5 Å². The monoisotopic (exact) mass is 283 g/mol. The third-order valence-corrected chi connectivity index (χ3v) is 5.42. The molecule has 5 heteroatoms. The average Bonchev–Trinajstić information content (AvgIpc) is 2.89. The molecule has 0 unspecified atom stereocenters. The zero-order valence-corrected chi connectivity index (χ0v) is 11.6. The number of halogens is 1. The summed E-state index contributed by atoms with van der Waals surface area (Å²) in [7, 11) is -3.79. The number of benzene rings is 1. The average molecular weight is 283 g/mol. The molecule has 0 saturated heterocycles. The number of nitrogens with zero attached hydrogens (tertiary/aromatic N) is 1. The second kappa shape index (κ2) is 5.84. The van der Waals surface area contributed by atoms with E-state index in [9.17, 15) is 12.8 Å². The molecule has 0 heterocycles. The van der Waals surface area contributed by atoms with Gasteiger partial charge in [-0.3, -0.25) is 0 Å². The first-order valence-corrected chi connectivity index (χ1v) is 7.88. The van der Waals surface area contributed by atoms with Crippen molar-refractivity contribution in [3.63, 3.8) is 0 Å². The van der Waals surface area contributed by atoms with Gasteiger partial charge in [0.15, 0.2) is 0 Å². The number of rotatable bonds is 5. The first kappa shape index (κ1) is 14.2. The summed E-state index contributed by atoms with van der Waals surface area (Å²) in [5.74, 6) is -0.699. The predicted octanol–water partition coefficient (Wildman–Crippen LogP) is 2.95. The van der Waals surface area contributed by atoms with Crippen LogP contribution in [0.3, 0.4) is 0 Å². The highest BCUT2D eigenvalue weighted by atomic mass is 32.2. The van der Waals surface area contributed by atoms with Crippen LogP contribution in [0.2, 0.25) is 0 Å². The van der Waals surface area contributed by atoms with Crippen LogP contribution in [0.5, 0.6) is 0 Å². The van der Waals surface area contributed by atoms with Gasteiger partial charge in [-0.15, -0.1) is 6.58 Å². The maximum Gasteiger partial charge on any atom is 0.246 e. The van der Waals surface area contributed by atoms with Gasteiger partial charge in [0.25, 0.3) is 0 Å². The van der Waals surface area contributed by atoms with Crippen molar-refractivity contribution in [2.75, 3.05) is 6.54 Å². The summed E-state index contributed by atoms with van der Waals surface area (Å²) in [4.78, 5) is -0.247. The Morgan fingerprint density at radius 3 is 2.53 bits per heavy atom. The van der Waals surface area contributed by atoms with Crippen molar-refractivity contribution in [1.82, 2.24) is 4.31 Å². The van der Waals surface area contributed by atoms with Crippen molar-refractivity contribution in [3.05, 3.63) is 42.7 Å². The largest absolute Gasteiger partial charge is 0.246 e. The van der Waals surface area contributed by atoms with Crippen molar-refractivity contribution >= 4 is 10.0 Å². The van der Waals surface area contributed by atoms with Crippen LogP contribution < -0.4 is 0 Å². The zero-order valence-electron chi connectivity index (χ0n) is 10.8. The lowest BCUT2D eigenvalue weighted by atomic mass is 10.2. The molecule has 1 aromatic rings. The normalized spacial score (nSPS) is 16.9. The summed E-state index contributed by atoms with van der Waals surface area (Å²) in [6.45, 7) is 3.83. The van der Waals surface area contributed by atoms with Gasteiger partial charge in [-0.05, 0) is 25.0 Å². The Morgan fingerprint density at radius 2 is 1.95 bits per heavy atom. The van der Waals surface area contributed by atoms with E-state index in [2.05, 4.69) is 6.58 Å². The van der Waals surface area contributed by atoms with E-state index in [0.717, 1.165) is 25.7 Å². The molecule has 0 aromatic heterocycles. The highest BCUT2D eigenvalue weighted by Crippen LogP contribution is 2.29. The van der Waals surface area contributed by atoms with Crippen LogP contribution >= 0.6 is 0 Å². The molecule has 1 aliphatic rings. The predicted molar refractivity (Wildman–Crippen MR) is 72.7 cm³/mol. The molecule has 0 N–H and O–H groups in total. The summed E-state index contributed by atoms with van der Waals surface area (Å²) in [6, 6.07) is 5.48. The van der Waals surface area contributed by atoms with Crippen LogP contribution in [0.25, 0.3) is 0 Å². The van der Waals surface area contributed by atoms with E-state index < -0.39 is 15.8 Å². The van der Waals surface area contributed by atoms with E-state index in [1.54, 1.807) is 6.08 Å². The fourth-order valence-electron chi connectivity index (χ4n) is 2.54. The van der Waals surface area contributed by atoms with Crippen LogP contribution in [0.1, 0.15) is 25.7 Å². The van der Waals surface area contributed by atoms with Gasteiger partial charge < -0.3 is 0 Å². The third kappa shape index (κ3) is 2.87. The van der Waals surface area contributed by atoms with Gasteiger partial charge in [-0.2, -0.15) is 4.31 Å². The van der Waals surface area contributed by atoms with E-state index in [1.807, 2.05) is 0 Å². The smallest absolute Gasteiger partial charge is 0.207 e. The Morgan fingerprint density at radius 1 is 1.32 bits per heavy atom. The second-order valence-electron chi connectivity index (χ2n) is 4.73. The lowest BCUT2D eigenvalue weighted by Gasteiger charge is -2.27. The summed E-state index contributed by atoms with van der Waals surface area (Å²) in [5, 5.41) is 0. The SMILES string of the molecule is C=CCN(C1CCCC1)S(=O)(=O)c1ccccc1F. The standard InChI is InChI=1S/C14H18FNO2S/c1-2-11-16(12-7-3-4-8-12)19(17,18)14-10-6-5-9-13(14)15/h2,5-6,9-10,12H,1,3-4,7-8,11H2. The third-order valence-electron chi connectivity index (χ3n) is 3.46. The molecule has 104 valence electrons. The molecule has 19 heavy (non-hydrogen) atoms. The van der Waals surface area contributed by atoms with Gasteiger partial charge in [0.05, 0.1) is 0 Å². The summed E-state index contributed by atoms with van der Waals surface area (Å²) in [6.07, 6.45) is 5.26. The van der Waals surface area contributed by atoms with Gasteiger partial charge in [0.1, 0.15) is 10.7 Å². The Hall–Kier alpha value is -1.20. The van der Waals surface area contributed by atoms with Crippen molar-refractivity contribution in [2.24, 2.45) is 0 Å². The summed E-state index contributed by atoms with van der Waals surface area (Å²) in [5.41, 5.74) is 0. The van der Waals surface area contributed by atoms with Gasteiger partial charge >= 0.3 is 0 Å². The minimum atomic E-state index is -3.79.